The number of nitrogens with zero attached hydrogens (tertiary/aromatic N) is 7. The average Bonchev–Trinajstić information content (AvgIpc) is 4.32. The van der Waals surface area contributed by atoms with Gasteiger partial charge in [-0.05, 0) is 135 Å². The summed E-state index contributed by atoms with van der Waals surface area (Å²) in [6.45, 7) is 17.8. The van der Waals surface area contributed by atoms with Crippen molar-refractivity contribution in [1.82, 2.24) is 24.1 Å². The molecule has 0 aliphatic carbocycles. The molecule has 16 nitrogen and oxygen atoms in total. The lowest BCUT2D eigenvalue weighted by molar-refractivity contribution is 0.118. The second kappa shape index (κ2) is 21.5. The van der Waals surface area contributed by atoms with Gasteiger partial charge in [0.15, 0.2) is 5.13 Å². The summed E-state index contributed by atoms with van der Waals surface area (Å²) in [5, 5.41) is 37.5. The molecular weight excluding hydrogens is 1090 g/mol. The Morgan fingerprint density at radius 3 is 1.88 bits per heavy atom. The highest BCUT2D eigenvalue weighted by atomic mass is 35.5. The first-order valence-electron chi connectivity index (χ1n) is 26.6. The summed E-state index contributed by atoms with van der Waals surface area (Å²) in [6, 6.07) is 20.2. The predicted octanol–water partition coefficient (Wildman–Crippen LogP) is 13.1. The van der Waals surface area contributed by atoms with Gasteiger partial charge in [-0.3, -0.25) is 10.6 Å². The third-order valence-corrected chi connectivity index (χ3v) is 19.4. The van der Waals surface area contributed by atoms with Crippen LogP contribution in [0.4, 0.5) is 54.0 Å². The maximum atomic E-state index is 13.9. The molecule has 7 heterocycles. The van der Waals surface area contributed by atoms with Crippen molar-refractivity contribution >= 4 is 114 Å². The fourth-order valence-electron chi connectivity index (χ4n) is 12.7. The van der Waals surface area contributed by atoms with E-state index < -0.39 is 6.03 Å². The largest absolute Gasteiger partial charge is 0.506 e. The predicted molar refractivity (Wildman–Crippen MR) is 318 cm³/mol. The number of likely N-dealkylation sites (tertiary alicyclic amines) is 2. The fraction of sp³-hybridized carbons (Fsp3) is 0.456. The number of nitrogens with one attached hydrogen (secondary N) is 4. The number of thioether (sulfide) groups is 1. The van der Waals surface area contributed by atoms with E-state index in [1.807, 2.05) is 36.0 Å². The van der Waals surface area contributed by atoms with E-state index in [-0.39, 0.29) is 45.2 Å². The van der Waals surface area contributed by atoms with Crippen LogP contribution in [0.15, 0.2) is 66.7 Å². The number of methoxy groups -OCH3 is 1. The minimum atomic E-state index is -0.483. The number of carbonyl (C=O) groups is 2. The molecule has 0 atom stereocenters. The Bertz CT molecular complexity index is 3230. The van der Waals surface area contributed by atoms with E-state index in [2.05, 4.69) is 103 Å². The standard InChI is InChI=1S/C57H67Cl2N11O5S3/c1-54(2,3)30-67-22-18-56(19-23-67)33-70(48-43(72)16-13-36(59)46(48)56)41-14-11-34(27-39(41)61-50(74)64-53-65-51(75-6)66-78-53)28-55(4,5)31-68-24-20-57(21-25-68)32-69(47-42(71)15-12-35(58)45(47)57)40-10-8-7-9-37(40)60-49(73)63-52-62-38-17-26-76-29-44(38)77-52/h7-16,27,71-72H,17-26,28-33H2,1-6H3,(H2,60,62,63,73)(H2,61,64,65,66,74). The Kier molecular flexibility index (Phi) is 15.0. The molecule has 0 bridgehead atoms. The van der Waals surface area contributed by atoms with Gasteiger partial charge in [0.2, 0.25) is 5.13 Å². The van der Waals surface area contributed by atoms with Crippen LogP contribution >= 0.6 is 57.8 Å². The van der Waals surface area contributed by atoms with Crippen LogP contribution in [0, 0.1) is 10.8 Å². The van der Waals surface area contributed by atoms with Gasteiger partial charge >= 0.3 is 18.1 Å². The Morgan fingerprint density at radius 2 is 1.29 bits per heavy atom. The number of halogens is 2. The minimum Gasteiger partial charge on any atom is -0.506 e. The molecule has 2 saturated heterocycles. The van der Waals surface area contributed by atoms with Crippen molar-refractivity contribution in [3.05, 3.63) is 104 Å². The highest BCUT2D eigenvalue weighted by molar-refractivity contribution is 7.98. The highest BCUT2D eigenvalue weighted by Gasteiger charge is 2.50. The number of hydrogen-bond donors (Lipinski definition) is 6. The lowest BCUT2D eigenvalue weighted by atomic mass is 9.73. The van der Waals surface area contributed by atoms with Crippen molar-refractivity contribution in [1.29, 1.82) is 0 Å². The van der Waals surface area contributed by atoms with Crippen molar-refractivity contribution in [3.8, 4) is 17.5 Å². The van der Waals surface area contributed by atoms with Gasteiger partial charge < -0.3 is 45.2 Å². The van der Waals surface area contributed by atoms with Crippen LogP contribution in [0.5, 0.6) is 17.5 Å². The summed E-state index contributed by atoms with van der Waals surface area (Å²) in [7, 11) is 1.48. The number of phenolic OH excluding ortho intramolecular Hbond substituents is 2. The van der Waals surface area contributed by atoms with Gasteiger partial charge in [-0.15, -0.1) is 15.7 Å². The summed E-state index contributed by atoms with van der Waals surface area (Å²) < 4.78 is 9.33. The summed E-state index contributed by atoms with van der Waals surface area (Å²) in [5.74, 6) is 2.23. The zero-order valence-electron chi connectivity index (χ0n) is 44.9. The monoisotopic (exact) mass is 1150 g/mol. The number of carbonyl (C=O) groups excluding carboxylic acids is 2. The van der Waals surface area contributed by atoms with E-state index in [1.54, 1.807) is 24.3 Å². The highest BCUT2D eigenvalue weighted by Crippen LogP contribution is 2.58. The normalized spacial score (nSPS) is 17.9. The second-order valence-electron chi connectivity index (χ2n) is 23.6. The van der Waals surface area contributed by atoms with Gasteiger partial charge in [0, 0.05) is 80.3 Å². The molecule has 2 aromatic heterocycles. The molecule has 21 heteroatoms. The van der Waals surface area contributed by atoms with Crippen LogP contribution in [-0.4, -0.2) is 112 Å². The first-order valence-corrected chi connectivity index (χ1v) is 30.1. The third kappa shape index (κ3) is 11.0. The quantitative estimate of drug-likeness (QED) is 0.0681. The number of aryl methyl sites for hydroxylation is 1. The number of ether oxygens (including phenoxy) is 1. The molecule has 5 aliphatic rings. The molecule has 6 aromatic rings. The first-order chi connectivity index (χ1) is 37.3. The summed E-state index contributed by atoms with van der Waals surface area (Å²) in [6.07, 6.45) is 4.98. The van der Waals surface area contributed by atoms with Crippen molar-refractivity contribution in [2.75, 3.05) is 96.3 Å². The molecule has 4 aromatic carbocycles. The maximum absolute atomic E-state index is 13.9. The molecule has 0 saturated carbocycles. The van der Waals surface area contributed by atoms with Crippen molar-refractivity contribution in [2.24, 2.45) is 10.8 Å². The van der Waals surface area contributed by atoms with Gasteiger partial charge in [0.25, 0.3) is 0 Å². The molecular formula is C57H67Cl2N11O5S3. The number of thiazole rings is 1. The van der Waals surface area contributed by atoms with E-state index in [1.165, 1.54) is 23.3 Å². The lowest BCUT2D eigenvalue weighted by Crippen LogP contribution is -2.47. The first kappa shape index (κ1) is 54.4. The number of fused-ring (bicyclic) bond motifs is 5. The number of urea groups is 2. The van der Waals surface area contributed by atoms with Crippen molar-refractivity contribution in [2.45, 2.75) is 89.7 Å². The summed E-state index contributed by atoms with van der Waals surface area (Å²) in [5.41, 5.74) is 7.38. The number of rotatable bonds is 12. The lowest BCUT2D eigenvalue weighted by Gasteiger charge is -2.43. The molecule has 2 spiro atoms. The second-order valence-corrected chi connectivity index (χ2v) is 27.3. The van der Waals surface area contributed by atoms with Crippen LogP contribution in [0.1, 0.15) is 87.6 Å². The molecule has 78 heavy (non-hydrogen) atoms. The van der Waals surface area contributed by atoms with Gasteiger partial charge in [-0.25, -0.2) is 14.6 Å². The van der Waals surface area contributed by atoms with E-state index in [0.717, 1.165) is 128 Å². The van der Waals surface area contributed by atoms with Crippen molar-refractivity contribution in [3.63, 3.8) is 0 Å². The van der Waals surface area contributed by atoms with Gasteiger partial charge in [-0.1, -0.05) is 76.0 Å². The zero-order chi connectivity index (χ0) is 54.7. The molecule has 0 unspecified atom stereocenters. The molecule has 6 N–H and O–H groups in total. The fourth-order valence-corrected chi connectivity index (χ4v) is 16.1. The smallest absolute Gasteiger partial charge is 0.329 e. The number of para-hydroxylation sites is 2. The zero-order valence-corrected chi connectivity index (χ0v) is 48.9. The Balaban J connectivity index is 0.815. The average molecular weight is 1150 g/mol. The summed E-state index contributed by atoms with van der Waals surface area (Å²) >= 11 is 18.7. The number of phenols is 2. The van der Waals surface area contributed by atoms with Crippen LogP contribution in [-0.2, 0) is 29.4 Å². The molecule has 0 radical (unpaired) electrons. The van der Waals surface area contributed by atoms with E-state index in [0.29, 0.717) is 62.6 Å². The van der Waals surface area contributed by atoms with Crippen molar-refractivity contribution < 1.29 is 24.5 Å². The molecule has 2 fully saturated rings. The molecule has 5 aliphatic heterocycles. The minimum absolute atomic E-state index is 0.143. The topological polar surface area (TPSA) is 184 Å². The van der Waals surface area contributed by atoms with E-state index in [4.69, 9.17) is 32.9 Å². The number of aromatic nitrogens is 3. The number of piperidine rings is 2. The van der Waals surface area contributed by atoms with Gasteiger partial charge in [0.1, 0.15) is 11.5 Å². The van der Waals surface area contributed by atoms with E-state index >= 15 is 0 Å². The number of hydrogen-bond acceptors (Lipinski definition) is 15. The Labute approximate surface area is 478 Å². The number of aromatic hydroxyl groups is 2. The van der Waals surface area contributed by atoms with E-state index in [9.17, 15) is 19.8 Å². The van der Waals surface area contributed by atoms with Crippen LogP contribution in [0.3, 0.4) is 0 Å². The Hall–Kier alpha value is -5.54. The van der Waals surface area contributed by atoms with Gasteiger partial charge in [0.05, 0.1) is 46.9 Å². The SMILES string of the molecule is COc1nsc(NC(=O)Nc2cc(CC(C)(C)CN3CCC4(CC3)CN(c3ccccc3NC(=O)Nc3nc5c(s3)CSCC5)c3c(O)ccc(Cl)c34)ccc2N2CC3(CCN(CC(C)(C)C)CC3)c3c(Cl)ccc(O)c32)n1. The molecule has 11 rings (SSSR count). The van der Waals surface area contributed by atoms with Crippen LogP contribution in [0.25, 0.3) is 0 Å². The number of anilines is 8. The molecule has 4 amide bonds. The van der Waals surface area contributed by atoms with Crippen LogP contribution < -0.4 is 35.8 Å². The maximum Gasteiger partial charge on any atom is 0.329 e. The summed E-state index contributed by atoms with van der Waals surface area (Å²) in [4.78, 5) is 47.0. The third-order valence-electron chi connectivity index (χ3n) is 16.0. The molecule has 412 valence electrons. The number of amides is 4. The number of benzene rings is 4. The van der Waals surface area contributed by atoms with Gasteiger partial charge in [-0.2, -0.15) is 16.7 Å². The Morgan fingerprint density at radius 1 is 0.718 bits per heavy atom. The van der Waals surface area contributed by atoms with Crippen LogP contribution in [0.2, 0.25) is 10.0 Å².